The van der Waals surface area contributed by atoms with E-state index in [1.807, 2.05) is 58.2 Å². The van der Waals surface area contributed by atoms with Gasteiger partial charge in [0.05, 0.1) is 30.7 Å². The van der Waals surface area contributed by atoms with E-state index in [-0.39, 0.29) is 11.8 Å². The van der Waals surface area contributed by atoms with Gasteiger partial charge in [-0.3, -0.25) is 9.69 Å². The fourth-order valence-corrected chi connectivity index (χ4v) is 4.23. The zero-order valence-corrected chi connectivity index (χ0v) is 18.2. The summed E-state index contributed by atoms with van der Waals surface area (Å²) >= 11 is 1.41. The smallest absolute Gasteiger partial charge is 0.274 e. The Bertz CT molecular complexity index is 968. The van der Waals surface area contributed by atoms with Crippen LogP contribution in [-0.2, 0) is 4.79 Å². The van der Waals surface area contributed by atoms with Gasteiger partial charge in [0.25, 0.3) is 5.82 Å². The van der Waals surface area contributed by atoms with Crippen molar-refractivity contribution in [3.05, 3.63) is 60.6 Å². The van der Waals surface area contributed by atoms with Gasteiger partial charge in [-0.15, -0.1) is 5.10 Å². The Morgan fingerprint density at radius 1 is 1.07 bits per heavy atom. The number of para-hydroxylation sites is 1. The number of aromatic amines is 1. The monoisotopic (exact) mass is 423 g/mol. The Kier molecular flexibility index (Phi) is 6.32. The summed E-state index contributed by atoms with van der Waals surface area (Å²) in [7, 11) is 0. The predicted octanol–water partition coefficient (Wildman–Crippen LogP) is 2.65. The van der Waals surface area contributed by atoms with E-state index in [9.17, 15) is 4.79 Å². The summed E-state index contributed by atoms with van der Waals surface area (Å²) in [5, 5.41) is 5.30. The van der Waals surface area contributed by atoms with Crippen LogP contribution in [0.15, 0.2) is 59.9 Å². The Labute approximate surface area is 181 Å². The van der Waals surface area contributed by atoms with Crippen LogP contribution in [0.4, 0.5) is 5.82 Å². The van der Waals surface area contributed by atoms with Crippen molar-refractivity contribution >= 4 is 23.5 Å². The molecule has 156 valence electrons. The van der Waals surface area contributed by atoms with Gasteiger partial charge in [0.1, 0.15) is 18.9 Å². The second kappa shape index (κ2) is 9.30. The number of nitrogens with one attached hydrogen (secondary N) is 1. The highest BCUT2D eigenvalue weighted by Gasteiger charge is 2.26. The van der Waals surface area contributed by atoms with Crippen molar-refractivity contribution in [1.82, 2.24) is 19.7 Å². The van der Waals surface area contributed by atoms with Gasteiger partial charge < -0.3 is 4.90 Å². The molecule has 1 N–H and O–H groups in total. The molecule has 1 amide bonds. The van der Waals surface area contributed by atoms with Crippen LogP contribution in [0.5, 0.6) is 0 Å². The molecular formula is C22H27N6OS+. The van der Waals surface area contributed by atoms with Crippen LogP contribution in [0, 0.1) is 0 Å². The van der Waals surface area contributed by atoms with Crippen molar-refractivity contribution in [2.45, 2.75) is 24.9 Å². The Hall–Kier alpha value is -2.87. The quantitative estimate of drug-likeness (QED) is 0.570. The molecule has 0 radical (unpaired) electrons. The van der Waals surface area contributed by atoms with Gasteiger partial charge in [-0.2, -0.15) is 0 Å². The molecule has 2 aromatic heterocycles. The average Bonchev–Trinajstić information content (AvgIpc) is 3.24. The average molecular weight is 424 g/mol. The molecule has 1 aromatic carbocycles. The van der Waals surface area contributed by atoms with Gasteiger partial charge in [0.15, 0.2) is 0 Å². The minimum atomic E-state index is 0.138. The molecule has 0 spiro atoms. The number of amides is 1. The molecule has 3 aromatic rings. The molecular weight excluding hydrogens is 396 g/mol. The summed E-state index contributed by atoms with van der Waals surface area (Å²) in [5.74, 6) is 2.73. The highest BCUT2D eigenvalue weighted by molar-refractivity contribution is 7.99. The summed E-state index contributed by atoms with van der Waals surface area (Å²) < 4.78 is 1.88. The molecule has 1 aliphatic heterocycles. The number of hydrogen-bond donors (Lipinski definition) is 0. The third-order valence-corrected chi connectivity index (χ3v) is 5.94. The first-order chi connectivity index (χ1) is 14.6. The predicted molar refractivity (Wildman–Crippen MR) is 118 cm³/mol. The van der Waals surface area contributed by atoms with E-state index in [0.29, 0.717) is 10.9 Å². The van der Waals surface area contributed by atoms with Gasteiger partial charge in [-0.1, -0.05) is 49.9 Å². The van der Waals surface area contributed by atoms with Crippen molar-refractivity contribution in [3.63, 3.8) is 0 Å². The molecule has 30 heavy (non-hydrogen) atoms. The second-order valence-electron chi connectivity index (χ2n) is 7.56. The number of rotatable bonds is 6. The summed E-state index contributed by atoms with van der Waals surface area (Å²) in [6.07, 6.45) is 1.93. The van der Waals surface area contributed by atoms with Crippen LogP contribution >= 0.6 is 11.8 Å². The van der Waals surface area contributed by atoms with Crippen LogP contribution in [0.3, 0.4) is 0 Å². The van der Waals surface area contributed by atoms with Crippen LogP contribution in [0.25, 0.3) is 5.69 Å². The number of piperazine rings is 1. The molecule has 8 heteroatoms. The fourth-order valence-electron chi connectivity index (χ4n) is 3.49. The Morgan fingerprint density at radius 3 is 2.47 bits per heavy atom. The zero-order chi connectivity index (χ0) is 20.9. The van der Waals surface area contributed by atoms with Crippen LogP contribution in [-0.4, -0.2) is 57.5 Å². The van der Waals surface area contributed by atoms with Crippen LogP contribution in [0.1, 0.15) is 25.6 Å². The first-order valence-corrected chi connectivity index (χ1v) is 11.2. The number of pyridine rings is 1. The summed E-state index contributed by atoms with van der Waals surface area (Å²) in [6, 6.07) is 16.1. The minimum Gasteiger partial charge on any atom is -0.334 e. The maximum atomic E-state index is 12.7. The first kappa shape index (κ1) is 20.4. The summed E-state index contributed by atoms with van der Waals surface area (Å²) in [6.45, 7) is 7.32. The number of H-pyrrole nitrogens is 1. The highest BCUT2D eigenvalue weighted by atomic mass is 32.2. The molecule has 0 bridgehead atoms. The SMILES string of the molecule is CC(C)c1nc(SCC(=O)N2CCN(c3cccc[nH+]3)CC2)nn1-c1ccccc1. The van der Waals surface area contributed by atoms with Gasteiger partial charge in [0, 0.05) is 12.0 Å². The number of thioether (sulfide) groups is 1. The van der Waals surface area contributed by atoms with Gasteiger partial charge >= 0.3 is 0 Å². The van der Waals surface area contributed by atoms with Crippen molar-refractivity contribution in [1.29, 1.82) is 0 Å². The van der Waals surface area contributed by atoms with Crippen molar-refractivity contribution in [2.75, 3.05) is 36.8 Å². The number of carbonyl (C=O) groups is 1. The van der Waals surface area contributed by atoms with Crippen molar-refractivity contribution in [3.8, 4) is 5.69 Å². The molecule has 0 unspecified atom stereocenters. The maximum Gasteiger partial charge on any atom is 0.274 e. The normalized spacial score (nSPS) is 14.4. The number of carbonyl (C=O) groups excluding carboxylic acids is 1. The van der Waals surface area contributed by atoms with Crippen molar-refractivity contribution < 1.29 is 9.78 Å². The number of benzene rings is 1. The molecule has 0 saturated carbocycles. The molecule has 7 nitrogen and oxygen atoms in total. The van der Waals surface area contributed by atoms with E-state index in [4.69, 9.17) is 0 Å². The molecule has 1 fully saturated rings. The minimum absolute atomic E-state index is 0.138. The Morgan fingerprint density at radius 2 is 1.80 bits per heavy atom. The van der Waals surface area contributed by atoms with Gasteiger partial charge in [-0.25, -0.2) is 14.6 Å². The lowest BCUT2D eigenvalue weighted by atomic mass is 10.2. The van der Waals surface area contributed by atoms with E-state index >= 15 is 0 Å². The lowest BCUT2D eigenvalue weighted by molar-refractivity contribution is -0.364. The standard InChI is InChI=1S/C22H26N6OS/c1-17(2)21-24-22(25-28(21)18-8-4-3-5-9-18)30-16-20(29)27-14-12-26(13-15-27)19-10-6-7-11-23-19/h3-11,17H,12-16H2,1-2H3/p+1. The van der Waals surface area contributed by atoms with Gasteiger partial charge in [0.2, 0.25) is 11.1 Å². The fraction of sp³-hybridized carbons (Fsp3) is 0.364. The number of nitrogens with zero attached hydrogens (tertiary/aromatic N) is 5. The molecule has 0 atom stereocenters. The number of hydrogen-bond acceptors (Lipinski definition) is 5. The molecule has 1 saturated heterocycles. The topological polar surface area (TPSA) is 68.4 Å². The second-order valence-corrected chi connectivity index (χ2v) is 8.50. The van der Waals surface area contributed by atoms with Crippen molar-refractivity contribution in [2.24, 2.45) is 0 Å². The molecule has 0 aliphatic carbocycles. The summed E-state index contributed by atoms with van der Waals surface area (Å²) in [4.78, 5) is 24.9. The lowest BCUT2D eigenvalue weighted by Gasteiger charge is -2.30. The number of aromatic nitrogens is 4. The molecule has 3 heterocycles. The third-order valence-electron chi connectivity index (χ3n) is 5.12. The summed E-state index contributed by atoms with van der Waals surface area (Å²) in [5.41, 5.74) is 0.987. The lowest BCUT2D eigenvalue weighted by Crippen LogP contribution is -2.50. The van der Waals surface area contributed by atoms with Crippen LogP contribution < -0.4 is 9.88 Å². The van der Waals surface area contributed by atoms with Crippen LogP contribution in [0.2, 0.25) is 0 Å². The zero-order valence-electron chi connectivity index (χ0n) is 17.4. The van der Waals surface area contributed by atoms with Gasteiger partial charge in [-0.05, 0) is 18.2 Å². The largest absolute Gasteiger partial charge is 0.334 e. The van der Waals surface area contributed by atoms with E-state index in [1.54, 1.807) is 0 Å². The molecule has 4 rings (SSSR count). The van der Waals surface area contributed by atoms with E-state index in [1.165, 1.54) is 11.8 Å². The van der Waals surface area contributed by atoms with E-state index in [2.05, 4.69) is 39.9 Å². The Balaban J connectivity index is 1.35. The maximum absolute atomic E-state index is 12.7. The number of anilines is 1. The highest BCUT2D eigenvalue weighted by Crippen LogP contribution is 2.22. The third kappa shape index (κ3) is 4.64. The van der Waals surface area contributed by atoms with E-state index in [0.717, 1.165) is 43.5 Å². The first-order valence-electron chi connectivity index (χ1n) is 10.3. The molecule has 1 aliphatic rings. The van der Waals surface area contributed by atoms with E-state index < -0.39 is 0 Å².